The van der Waals surface area contributed by atoms with Gasteiger partial charge in [-0.1, -0.05) is 31.2 Å². The van der Waals surface area contributed by atoms with Gasteiger partial charge < -0.3 is 10.5 Å². The minimum absolute atomic E-state index is 0.288. The van der Waals surface area contributed by atoms with Gasteiger partial charge in [0.2, 0.25) is 0 Å². The van der Waals surface area contributed by atoms with E-state index < -0.39 is 0 Å². The van der Waals surface area contributed by atoms with Crippen molar-refractivity contribution in [3.63, 3.8) is 0 Å². The topological polar surface area (TPSA) is 35.2 Å². The van der Waals surface area contributed by atoms with Gasteiger partial charge in [-0.25, -0.2) is 4.39 Å². The van der Waals surface area contributed by atoms with Crippen molar-refractivity contribution in [1.82, 2.24) is 0 Å². The minimum atomic E-state index is -0.288. The summed E-state index contributed by atoms with van der Waals surface area (Å²) in [4.78, 5) is 0. The molecule has 0 spiro atoms. The highest BCUT2D eigenvalue weighted by Crippen LogP contribution is 2.26. The zero-order chi connectivity index (χ0) is 14.5. The first-order chi connectivity index (χ1) is 9.60. The fourth-order valence-corrected chi connectivity index (χ4v) is 2.30. The van der Waals surface area contributed by atoms with E-state index in [0.717, 1.165) is 5.56 Å². The van der Waals surface area contributed by atoms with E-state index in [4.69, 9.17) is 10.5 Å². The molecule has 0 saturated carbocycles. The van der Waals surface area contributed by atoms with Gasteiger partial charge in [-0.2, -0.15) is 0 Å². The van der Waals surface area contributed by atoms with E-state index in [2.05, 4.69) is 35.0 Å². The van der Waals surface area contributed by atoms with Crippen LogP contribution in [-0.4, -0.2) is 6.54 Å². The number of ether oxygens (including phenoxy) is 1. The van der Waals surface area contributed by atoms with E-state index in [9.17, 15) is 4.39 Å². The lowest BCUT2D eigenvalue weighted by molar-refractivity contribution is 0.303. The quantitative estimate of drug-likeness (QED) is 0.886. The molecule has 20 heavy (non-hydrogen) atoms. The maximum atomic E-state index is 13.0. The van der Waals surface area contributed by atoms with Crippen LogP contribution in [0.15, 0.2) is 46.9 Å². The molecule has 0 fully saturated rings. The van der Waals surface area contributed by atoms with E-state index in [1.807, 2.05) is 12.1 Å². The summed E-state index contributed by atoms with van der Waals surface area (Å²) < 4.78 is 19.3. The van der Waals surface area contributed by atoms with Gasteiger partial charge in [0.1, 0.15) is 18.2 Å². The van der Waals surface area contributed by atoms with Crippen LogP contribution in [0.3, 0.4) is 0 Å². The molecule has 106 valence electrons. The molecule has 0 aliphatic carbocycles. The lowest BCUT2D eigenvalue weighted by atomic mass is 10.0. The highest BCUT2D eigenvalue weighted by molar-refractivity contribution is 9.10. The Kier molecular flexibility index (Phi) is 5.15. The van der Waals surface area contributed by atoms with Crippen LogP contribution < -0.4 is 10.5 Å². The minimum Gasteiger partial charge on any atom is -0.488 e. The molecule has 4 heteroatoms. The van der Waals surface area contributed by atoms with Crippen molar-refractivity contribution in [2.24, 2.45) is 5.73 Å². The van der Waals surface area contributed by atoms with Gasteiger partial charge in [0, 0.05) is 0 Å². The summed E-state index contributed by atoms with van der Waals surface area (Å²) >= 11 is 3.28. The van der Waals surface area contributed by atoms with Crippen molar-refractivity contribution >= 4 is 15.9 Å². The number of nitrogens with two attached hydrogens (primary N) is 1. The van der Waals surface area contributed by atoms with E-state index in [1.165, 1.54) is 17.7 Å². The Morgan fingerprint density at radius 2 is 1.90 bits per heavy atom. The highest BCUT2D eigenvalue weighted by atomic mass is 79.9. The van der Waals surface area contributed by atoms with E-state index in [0.29, 0.717) is 29.3 Å². The first-order valence-electron chi connectivity index (χ1n) is 6.47. The maximum Gasteiger partial charge on any atom is 0.134 e. The molecular weight excluding hydrogens is 321 g/mol. The molecule has 0 saturated heterocycles. The van der Waals surface area contributed by atoms with Crippen molar-refractivity contribution in [3.05, 3.63) is 63.9 Å². The molecule has 1 atom stereocenters. The van der Waals surface area contributed by atoms with Crippen LogP contribution in [0.5, 0.6) is 5.75 Å². The molecule has 0 bridgehead atoms. The Balaban J connectivity index is 2.00. The third-order valence-corrected chi connectivity index (χ3v) is 3.81. The molecule has 2 N–H and O–H groups in total. The van der Waals surface area contributed by atoms with Crippen LogP contribution in [0.4, 0.5) is 4.39 Å². The lowest BCUT2D eigenvalue weighted by Gasteiger charge is -2.11. The summed E-state index contributed by atoms with van der Waals surface area (Å²) in [6, 6.07) is 12.6. The van der Waals surface area contributed by atoms with Crippen molar-refractivity contribution < 1.29 is 9.13 Å². The standard InChI is InChI=1S/C16H17BrFNO/c1-11(9-19)13-4-2-12(3-5-13)10-20-16-7-6-14(18)8-15(16)17/h2-8,11H,9-10,19H2,1H3. The van der Waals surface area contributed by atoms with Crippen LogP contribution >= 0.6 is 15.9 Å². The van der Waals surface area contributed by atoms with Crippen molar-refractivity contribution in [1.29, 1.82) is 0 Å². The summed E-state index contributed by atoms with van der Waals surface area (Å²) in [5.74, 6) is 0.700. The summed E-state index contributed by atoms with van der Waals surface area (Å²) in [6.07, 6.45) is 0. The average Bonchev–Trinajstić information content (AvgIpc) is 2.46. The molecule has 0 heterocycles. The number of hydrogen-bond donors (Lipinski definition) is 1. The molecule has 1 unspecified atom stereocenters. The van der Waals surface area contributed by atoms with Gasteiger partial charge in [0.25, 0.3) is 0 Å². The van der Waals surface area contributed by atoms with Crippen LogP contribution in [0.2, 0.25) is 0 Å². The van der Waals surface area contributed by atoms with Crippen molar-refractivity contribution in [2.75, 3.05) is 6.54 Å². The molecule has 2 nitrogen and oxygen atoms in total. The number of halogens is 2. The van der Waals surface area contributed by atoms with Crippen LogP contribution in [-0.2, 0) is 6.61 Å². The second-order valence-corrected chi connectivity index (χ2v) is 5.60. The molecular formula is C16H17BrFNO. The number of hydrogen-bond acceptors (Lipinski definition) is 2. The zero-order valence-corrected chi connectivity index (χ0v) is 12.9. The summed E-state index contributed by atoms with van der Waals surface area (Å²) in [6.45, 7) is 3.18. The van der Waals surface area contributed by atoms with Crippen LogP contribution in [0, 0.1) is 5.82 Å². The maximum absolute atomic E-state index is 13.0. The second kappa shape index (κ2) is 6.86. The molecule has 2 rings (SSSR count). The second-order valence-electron chi connectivity index (χ2n) is 4.74. The first-order valence-corrected chi connectivity index (χ1v) is 7.26. The van der Waals surface area contributed by atoms with Crippen molar-refractivity contribution in [2.45, 2.75) is 19.4 Å². The SMILES string of the molecule is CC(CN)c1ccc(COc2ccc(F)cc2Br)cc1. The van der Waals surface area contributed by atoms with Gasteiger partial charge in [-0.15, -0.1) is 0 Å². The fraction of sp³-hybridized carbons (Fsp3) is 0.250. The van der Waals surface area contributed by atoms with E-state index >= 15 is 0 Å². The van der Waals surface area contributed by atoms with Gasteiger partial charge in [0.05, 0.1) is 4.47 Å². The molecule has 0 amide bonds. The zero-order valence-electron chi connectivity index (χ0n) is 11.3. The summed E-state index contributed by atoms with van der Waals surface area (Å²) in [7, 11) is 0. The Bertz CT molecular complexity index is 571. The van der Waals surface area contributed by atoms with Gasteiger partial charge in [-0.3, -0.25) is 0 Å². The molecule has 0 radical (unpaired) electrons. The molecule has 0 aliphatic rings. The van der Waals surface area contributed by atoms with Gasteiger partial charge in [-0.05, 0) is 57.7 Å². The van der Waals surface area contributed by atoms with Gasteiger partial charge in [0.15, 0.2) is 0 Å². The molecule has 0 aliphatic heterocycles. The largest absolute Gasteiger partial charge is 0.488 e. The molecule has 2 aromatic carbocycles. The van der Waals surface area contributed by atoms with E-state index in [-0.39, 0.29) is 5.82 Å². The predicted molar refractivity (Wildman–Crippen MR) is 82.3 cm³/mol. The smallest absolute Gasteiger partial charge is 0.134 e. The Morgan fingerprint density at radius 1 is 1.20 bits per heavy atom. The first kappa shape index (κ1) is 15.0. The van der Waals surface area contributed by atoms with Crippen LogP contribution in [0.25, 0.3) is 0 Å². The fourth-order valence-electron chi connectivity index (χ4n) is 1.83. The third-order valence-electron chi connectivity index (χ3n) is 3.19. The number of rotatable bonds is 5. The van der Waals surface area contributed by atoms with E-state index in [1.54, 1.807) is 6.07 Å². The normalized spacial score (nSPS) is 12.2. The molecule has 2 aromatic rings. The van der Waals surface area contributed by atoms with Gasteiger partial charge >= 0.3 is 0 Å². The Labute approximate surface area is 126 Å². The summed E-state index contributed by atoms with van der Waals surface area (Å²) in [5, 5.41) is 0. The molecule has 0 aromatic heterocycles. The lowest BCUT2D eigenvalue weighted by Crippen LogP contribution is -2.08. The Hall–Kier alpha value is -1.39. The summed E-state index contributed by atoms with van der Waals surface area (Å²) in [5.41, 5.74) is 7.93. The highest BCUT2D eigenvalue weighted by Gasteiger charge is 2.05. The average molecular weight is 338 g/mol. The number of benzene rings is 2. The van der Waals surface area contributed by atoms with Crippen molar-refractivity contribution in [3.8, 4) is 5.75 Å². The monoisotopic (exact) mass is 337 g/mol. The third kappa shape index (κ3) is 3.81. The predicted octanol–water partition coefficient (Wildman–Crippen LogP) is 4.23. The Morgan fingerprint density at radius 3 is 2.50 bits per heavy atom. The van der Waals surface area contributed by atoms with Crippen LogP contribution in [0.1, 0.15) is 24.0 Å².